The van der Waals surface area contributed by atoms with Gasteiger partial charge in [0.05, 0.1) is 0 Å². The second-order valence-corrected chi connectivity index (χ2v) is 5.95. The number of hydrogen-bond acceptors (Lipinski definition) is 2. The second-order valence-electron chi connectivity index (χ2n) is 4.86. The van der Waals surface area contributed by atoms with Crippen molar-refractivity contribution in [1.82, 2.24) is 0 Å². The van der Waals surface area contributed by atoms with Crippen molar-refractivity contribution in [2.24, 2.45) is 0 Å². The highest BCUT2D eigenvalue weighted by Gasteiger charge is 2.11. The van der Waals surface area contributed by atoms with Crippen molar-refractivity contribution in [3.05, 3.63) is 66.7 Å². The highest BCUT2D eigenvalue weighted by molar-refractivity contribution is 7.25. The van der Waals surface area contributed by atoms with E-state index in [0.717, 1.165) is 11.3 Å². The molecule has 0 radical (unpaired) electrons. The molecule has 0 aliphatic rings. The van der Waals surface area contributed by atoms with E-state index in [0.29, 0.717) is 0 Å². The van der Waals surface area contributed by atoms with Gasteiger partial charge in [-0.15, -0.1) is 11.3 Å². The molecule has 0 aliphatic heterocycles. The van der Waals surface area contributed by atoms with Crippen LogP contribution in [0.2, 0.25) is 0 Å². The lowest BCUT2D eigenvalue weighted by Gasteiger charge is -2.07. The van der Waals surface area contributed by atoms with Gasteiger partial charge in [-0.3, -0.25) is 0 Å². The first-order valence-corrected chi connectivity index (χ1v) is 7.41. The van der Waals surface area contributed by atoms with Gasteiger partial charge >= 0.3 is 0 Å². The molecule has 0 amide bonds. The Bertz CT molecular complexity index is 921. The first-order valence-electron chi connectivity index (χ1n) is 6.60. The molecule has 0 aliphatic carbocycles. The Balaban J connectivity index is 2.17. The van der Waals surface area contributed by atoms with E-state index in [4.69, 9.17) is 5.73 Å². The molecule has 2 N–H and O–H groups in total. The average Bonchev–Trinajstić information content (AvgIpc) is 2.86. The number of benzene rings is 3. The Hall–Kier alpha value is -2.32. The molecule has 1 aromatic heterocycles. The first-order chi connectivity index (χ1) is 9.84. The summed E-state index contributed by atoms with van der Waals surface area (Å²) in [6.07, 6.45) is 0. The molecular weight excluding hydrogens is 262 g/mol. The quantitative estimate of drug-likeness (QED) is 0.468. The van der Waals surface area contributed by atoms with E-state index in [1.165, 1.54) is 25.7 Å². The average molecular weight is 275 g/mol. The van der Waals surface area contributed by atoms with Crippen molar-refractivity contribution in [1.29, 1.82) is 0 Å². The van der Waals surface area contributed by atoms with Crippen molar-refractivity contribution in [2.45, 2.75) is 0 Å². The Morgan fingerprint density at radius 2 is 1.35 bits per heavy atom. The number of nitrogens with two attached hydrogens (primary N) is 1. The molecule has 1 heterocycles. The molecule has 3 aromatic carbocycles. The van der Waals surface area contributed by atoms with Crippen molar-refractivity contribution in [3.63, 3.8) is 0 Å². The molecule has 4 rings (SSSR count). The molecule has 0 spiro atoms. The maximum Gasteiger partial charge on any atom is 0.0393 e. The zero-order chi connectivity index (χ0) is 13.5. The fourth-order valence-corrected chi connectivity index (χ4v) is 3.87. The molecule has 0 atom stereocenters. The predicted molar refractivity (Wildman–Crippen MR) is 89.2 cm³/mol. The topological polar surface area (TPSA) is 26.0 Å². The van der Waals surface area contributed by atoms with Crippen LogP contribution in [0.4, 0.5) is 5.69 Å². The number of hydrogen-bond donors (Lipinski definition) is 1. The molecule has 0 saturated carbocycles. The van der Waals surface area contributed by atoms with Gasteiger partial charge in [0.1, 0.15) is 0 Å². The van der Waals surface area contributed by atoms with Gasteiger partial charge in [0, 0.05) is 31.4 Å². The molecular formula is C18H13NS. The molecule has 20 heavy (non-hydrogen) atoms. The van der Waals surface area contributed by atoms with Gasteiger partial charge in [0.15, 0.2) is 0 Å². The summed E-state index contributed by atoms with van der Waals surface area (Å²) in [4.78, 5) is 0. The first kappa shape index (κ1) is 11.5. The zero-order valence-corrected chi connectivity index (χ0v) is 11.7. The van der Waals surface area contributed by atoms with Crippen molar-refractivity contribution >= 4 is 37.2 Å². The summed E-state index contributed by atoms with van der Waals surface area (Å²) in [5.74, 6) is 0. The van der Waals surface area contributed by atoms with Crippen LogP contribution >= 0.6 is 11.3 Å². The van der Waals surface area contributed by atoms with E-state index in [1.807, 2.05) is 29.5 Å². The third kappa shape index (κ3) is 1.62. The monoisotopic (exact) mass is 275 g/mol. The molecule has 1 nitrogen and oxygen atoms in total. The fourth-order valence-electron chi connectivity index (χ4n) is 2.74. The van der Waals surface area contributed by atoms with Crippen molar-refractivity contribution < 1.29 is 0 Å². The van der Waals surface area contributed by atoms with Gasteiger partial charge in [-0.25, -0.2) is 0 Å². The van der Waals surface area contributed by atoms with Gasteiger partial charge in [-0.05, 0) is 23.8 Å². The Labute approximate surface area is 121 Å². The van der Waals surface area contributed by atoms with Gasteiger partial charge in [-0.1, -0.05) is 48.5 Å². The summed E-state index contributed by atoms with van der Waals surface area (Å²) in [6.45, 7) is 0. The van der Waals surface area contributed by atoms with Crippen LogP contribution < -0.4 is 5.73 Å². The summed E-state index contributed by atoms with van der Waals surface area (Å²) in [7, 11) is 0. The van der Waals surface area contributed by atoms with Crippen molar-refractivity contribution in [3.8, 4) is 11.1 Å². The SMILES string of the molecule is Nc1ccccc1-c1cccc2sc3ccccc3c12. The molecule has 0 fully saturated rings. The molecule has 2 heteroatoms. The number of para-hydroxylation sites is 1. The van der Waals surface area contributed by atoms with Crippen LogP contribution in [0.5, 0.6) is 0 Å². The number of nitrogen functional groups attached to an aromatic ring is 1. The molecule has 0 bridgehead atoms. The molecule has 0 saturated heterocycles. The second kappa shape index (κ2) is 4.36. The van der Waals surface area contributed by atoms with E-state index in [1.54, 1.807) is 0 Å². The smallest absolute Gasteiger partial charge is 0.0393 e. The molecule has 96 valence electrons. The zero-order valence-electron chi connectivity index (χ0n) is 10.8. The largest absolute Gasteiger partial charge is 0.398 e. The van der Waals surface area contributed by atoms with E-state index < -0.39 is 0 Å². The van der Waals surface area contributed by atoms with Crippen LogP contribution in [-0.4, -0.2) is 0 Å². The number of thiophene rings is 1. The summed E-state index contributed by atoms with van der Waals surface area (Å²) < 4.78 is 2.64. The minimum absolute atomic E-state index is 0.829. The maximum absolute atomic E-state index is 6.16. The van der Waals surface area contributed by atoms with Gasteiger partial charge in [0.25, 0.3) is 0 Å². The van der Waals surface area contributed by atoms with Crippen LogP contribution in [0.25, 0.3) is 31.3 Å². The summed E-state index contributed by atoms with van der Waals surface area (Å²) in [5.41, 5.74) is 9.32. The Kier molecular flexibility index (Phi) is 2.51. The van der Waals surface area contributed by atoms with Crippen LogP contribution in [0.15, 0.2) is 66.7 Å². The Morgan fingerprint density at radius 3 is 2.25 bits per heavy atom. The minimum atomic E-state index is 0.829. The van der Waals surface area contributed by atoms with E-state index in [9.17, 15) is 0 Å². The molecule has 4 aromatic rings. The highest BCUT2D eigenvalue weighted by Crippen LogP contribution is 2.40. The number of rotatable bonds is 1. The predicted octanol–water partition coefficient (Wildman–Crippen LogP) is 5.30. The fraction of sp³-hybridized carbons (Fsp3) is 0. The van der Waals surface area contributed by atoms with E-state index in [2.05, 4.69) is 48.5 Å². The third-order valence-corrected chi connectivity index (χ3v) is 4.79. The van der Waals surface area contributed by atoms with Gasteiger partial charge in [0.2, 0.25) is 0 Å². The lowest BCUT2D eigenvalue weighted by atomic mass is 9.98. The maximum atomic E-state index is 6.16. The lowest BCUT2D eigenvalue weighted by molar-refractivity contribution is 1.65. The van der Waals surface area contributed by atoms with Crippen LogP contribution in [0.3, 0.4) is 0 Å². The third-order valence-electron chi connectivity index (χ3n) is 3.65. The van der Waals surface area contributed by atoms with Crippen LogP contribution in [-0.2, 0) is 0 Å². The normalized spacial score (nSPS) is 11.2. The van der Waals surface area contributed by atoms with Gasteiger partial charge < -0.3 is 5.73 Å². The number of fused-ring (bicyclic) bond motifs is 3. The Morgan fingerprint density at radius 1 is 0.650 bits per heavy atom. The summed E-state index contributed by atoms with van der Waals surface area (Å²) in [6, 6.07) is 23.1. The van der Waals surface area contributed by atoms with Crippen LogP contribution in [0, 0.1) is 0 Å². The summed E-state index contributed by atoms with van der Waals surface area (Å²) >= 11 is 1.84. The van der Waals surface area contributed by atoms with Crippen LogP contribution in [0.1, 0.15) is 0 Å². The van der Waals surface area contributed by atoms with Gasteiger partial charge in [-0.2, -0.15) is 0 Å². The van der Waals surface area contributed by atoms with Crippen molar-refractivity contribution in [2.75, 3.05) is 5.73 Å². The highest BCUT2D eigenvalue weighted by atomic mass is 32.1. The lowest BCUT2D eigenvalue weighted by Crippen LogP contribution is -1.89. The number of anilines is 1. The molecule has 0 unspecified atom stereocenters. The van der Waals surface area contributed by atoms with E-state index in [-0.39, 0.29) is 0 Å². The minimum Gasteiger partial charge on any atom is -0.398 e. The van der Waals surface area contributed by atoms with E-state index >= 15 is 0 Å². The summed E-state index contributed by atoms with van der Waals surface area (Å²) in [5, 5.41) is 2.62. The standard InChI is InChI=1S/C18H13NS/c19-15-9-3-1-6-12(15)13-8-5-11-17-18(13)14-7-2-4-10-16(14)20-17/h1-11H,19H2.